The zero-order valence-electron chi connectivity index (χ0n) is 3.89. The molecular formula is C6H6N-. The Kier molecular flexibility index (Phi) is 0.984. The molecular weight excluding hydrogens is 86.1 g/mol. The second kappa shape index (κ2) is 1.65. The number of hydrogen-bond acceptors (Lipinski definition) is 0. The highest BCUT2D eigenvalue weighted by Gasteiger charge is 1.81. The molecule has 1 rings (SSSR count). The lowest BCUT2D eigenvalue weighted by Gasteiger charge is -1.87. The van der Waals surface area contributed by atoms with Crippen molar-refractivity contribution < 1.29 is 0 Å². The predicted octanol–water partition coefficient (Wildman–Crippen LogP) is 2.05. The average molecular weight is 92.1 g/mol. The molecule has 7 heavy (non-hydrogen) atoms. The fourth-order valence-corrected chi connectivity index (χ4v) is 0.485. The van der Waals surface area contributed by atoms with Crippen molar-refractivity contribution in [3.63, 3.8) is 0 Å². The molecule has 0 unspecified atom stereocenters. The van der Waals surface area contributed by atoms with Crippen LogP contribution in [0, 0.1) is 0 Å². The van der Waals surface area contributed by atoms with E-state index in [2.05, 4.69) is 0 Å². The van der Waals surface area contributed by atoms with Crippen LogP contribution in [0.5, 0.6) is 0 Å². The van der Waals surface area contributed by atoms with E-state index in [1.165, 1.54) is 6.20 Å². The van der Waals surface area contributed by atoms with Crippen LogP contribution in [0.3, 0.4) is 0 Å². The lowest BCUT2D eigenvalue weighted by Crippen LogP contribution is -1.57. The molecule has 0 radical (unpaired) electrons. The van der Waals surface area contributed by atoms with Crippen LogP contribution in [0.4, 0.5) is 0 Å². The standard InChI is InChI=1S/C6H6N/c7-5-6-3-1-2-4-6/h1-5,7H/q-1. The maximum absolute atomic E-state index is 6.74. The molecule has 1 aliphatic rings. The van der Waals surface area contributed by atoms with Gasteiger partial charge in [0.1, 0.15) is 0 Å². The van der Waals surface area contributed by atoms with Crippen LogP contribution in [0.2, 0.25) is 0 Å². The maximum atomic E-state index is 6.74. The van der Waals surface area contributed by atoms with Crippen molar-refractivity contribution in [3.8, 4) is 0 Å². The summed E-state index contributed by atoms with van der Waals surface area (Å²) in [6.45, 7) is 0. The van der Waals surface area contributed by atoms with E-state index in [0.717, 1.165) is 5.57 Å². The van der Waals surface area contributed by atoms with Gasteiger partial charge in [-0.15, -0.1) is 0 Å². The van der Waals surface area contributed by atoms with Gasteiger partial charge in [0.2, 0.25) is 0 Å². The van der Waals surface area contributed by atoms with Crippen LogP contribution < -0.4 is 0 Å². The summed E-state index contributed by atoms with van der Waals surface area (Å²) in [4.78, 5) is 0. The van der Waals surface area contributed by atoms with Gasteiger partial charge in [-0.25, -0.2) is 0 Å². The summed E-state index contributed by atoms with van der Waals surface area (Å²) < 4.78 is 0. The summed E-state index contributed by atoms with van der Waals surface area (Å²) >= 11 is 0. The molecule has 1 heteroatoms. The topological polar surface area (TPSA) is 23.8 Å². The molecule has 0 fully saturated rings. The Bertz CT molecular complexity index is 126. The SMILES string of the molecule is [NH-]C=C1C=CC=C1. The molecule has 0 aromatic heterocycles. The van der Waals surface area contributed by atoms with Gasteiger partial charge in [-0.2, -0.15) is 6.20 Å². The minimum absolute atomic E-state index is 0.972. The molecule has 0 aromatic carbocycles. The Balaban J connectivity index is 2.79. The summed E-state index contributed by atoms with van der Waals surface area (Å²) in [5.74, 6) is 0. The first-order chi connectivity index (χ1) is 3.43. The molecule has 0 aromatic rings. The Labute approximate surface area is 42.8 Å². The van der Waals surface area contributed by atoms with Crippen molar-refractivity contribution in [3.05, 3.63) is 41.8 Å². The second-order valence-electron chi connectivity index (χ2n) is 1.36. The van der Waals surface area contributed by atoms with E-state index < -0.39 is 0 Å². The maximum Gasteiger partial charge on any atom is -0.0480 e. The van der Waals surface area contributed by atoms with Crippen LogP contribution in [0.25, 0.3) is 5.73 Å². The van der Waals surface area contributed by atoms with E-state index in [4.69, 9.17) is 5.73 Å². The molecule has 0 atom stereocenters. The van der Waals surface area contributed by atoms with Gasteiger partial charge >= 0.3 is 0 Å². The van der Waals surface area contributed by atoms with E-state index in [1.54, 1.807) is 0 Å². The summed E-state index contributed by atoms with van der Waals surface area (Å²) in [6, 6.07) is 0. The second-order valence-corrected chi connectivity index (χ2v) is 1.36. The first-order valence-corrected chi connectivity index (χ1v) is 2.15. The zero-order chi connectivity index (χ0) is 5.11. The number of hydrogen-bond donors (Lipinski definition) is 0. The van der Waals surface area contributed by atoms with Gasteiger partial charge in [-0.1, -0.05) is 24.3 Å². The molecule has 0 spiro atoms. The highest BCUT2D eigenvalue weighted by Crippen LogP contribution is 2.05. The van der Waals surface area contributed by atoms with Gasteiger partial charge < -0.3 is 5.73 Å². The van der Waals surface area contributed by atoms with Crippen LogP contribution >= 0.6 is 0 Å². The van der Waals surface area contributed by atoms with E-state index in [9.17, 15) is 0 Å². The van der Waals surface area contributed by atoms with Gasteiger partial charge in [0.05, 0.1) is 0 Å². The third-order valence-electron chi connectivity index (χ3n) is 0.855. The van der Waals surface area contributed by atoms with Crippen molar-refractivity contribution in [1.29, 1.82) is 0 Å². The first-order valence-electron chi connectivity index (χ1n) is 2.15. The number of rotatable bonds is 0. The highest BCUT2D eigenvalue weighted by molar-refractivity contribution is 5.40. The zero-order valence-corrected chi connectivity index (χ0v) is 3.89. The Morgan fingerprint density at radius 2 is 1.86 bits per heavy atom. The van der Waals surface area contributed by atoms with Crippen LogP contribution in [-0.2, 0) is 0 Å². The average Bonchev–Trinajstić information content (AvgIpc) is 2.14. The minimum atomic E-state index is 0.972. The Morgan fingerprint density at radius 3 is 2.14 bits per heavy atom. The normalized spacial score (nSPS) is 15.7. The van der Waals surface area contributed by atoms with Crippen molar-refractivity contribution >= 4 is 0 Å². The predicted molar refractivity (Wildman–Crippen MR) is 30.7 cm³/mol. The molecule has 0 saturated carbocycles. The van der Waals surface area contributed by atoms with Gasteiger partial charge in [0.25, 0.3) is 0 Å². The van der Waals surface area contributed by atoms with Gasteiger partial charge in [-0.3, -0.25) is 0 Å². The van der Waals surface area contributed by atoms with E-state index in [1.807, 2.05) is 24.3 Å². The van der Waals surface area contributed by atoms with Crippen molar-refractivity contribution in [1.82, 2.24) is 0 Å². The molecule has 1 nitrogen and oxygen atoms in total. The molecule has 0 bridgehead atoms. The van der Waals surface area contributed by atoms with Gasteiger partial charge in [0, 0.05) is 0 Å². The third kappa shape index (κ3) is 0.712. The first kappa shape index (κ1) is 4.19. The summed E-state index contributed by atoms with van der Waals surface area (Å²) in [5, 5.41) is 0. The molecule has 0 amide bonds. The Morgan fingerprint density at radius 1 is 1.29 bits per heavy atom. The largest absolute Gasteiger partial charge is 0.704 e. The van der Waals surface area contributed by atoms with Crippen LogP contribution in [0.1, 0.15) is 0 Å². The lowest BCUT2D eigenvalue weighted by atomic mass is 10.3. The van der Waals surface area contributed by atoms with E-state index in [0.29, 0.717) is 0 Å². The fourth-order valence-electron chi connectivity index (χ4n) is 0.485. The smallest absolute Gasteiger partial charge is 0.0480 e. The van der Waals surface area contributed by atoms with Crippen LogP contribution in [0.15, 0.2) is 36.1 Å². The van der Waals surface area contributed by atoms with Gasteiger partial charge in [-0.05, 0) is 5.57 Å². The van der Waals surface area contributed by atoms with E-state index in [-0.39, 0.29) is 0 Å². The number of nitrogens with one attached hydrogen (secondary N) is 1. The number of allylic oxidation sites excluding steroid dienone is 5. The summed E-state index contributed by atoms with van der Waals surface area (Å²) in [5.41, 5.74) is 7.71. The lowest BCUT2D eigenvalue weighted by molar-refractivity contribution is 1.78. The van der Waals surface area contributed by atoms with Crippen molar-refractivity contribution in [2.75, 3.05) is 0 Å². The van der Waals surface area contributed by atoms with Gasteiger partial charge in [0.15, 0.2) is 0 Å². The Hall–Kier alpha value is -0.980. The van der Waals surface area contributed by atoms with Crippen LogP contribution in [-0.4, -0.2) is 0 Å². The highest BCUT2D eigenvalue weighted by atomic mass is 14.5. The quantitative estimate of drug-likeness (QED) is 0.436. The molecule has 1 N–H and O–H groups in total. The molecule has 1 aliphatic carbocycles. The molecule has 36 valence electrons. The summed E-state index contributed by atoms with van der Waals surface area (Å²) in [6.07, 6.45) is 8.96. The molecule has 0 aliphatic heterocycles. The molecule has 0 saturated heterocycles. The minimum Gasteiger partial charge on any atom is -0.704 e. The van der Waals surface area contributed by atoms with Crippen molar-refractivity contribution in [2.45, 2.75) is 0 Å². The fraction of sp³-hybridized carbons (Fsp3) is 0. The summed E-state index contributed by atoms with van der Waals surface area (Å²) in [7, 11) is 0. The van der Waals surface area contributed by atoms with Crippen molar-refractivity contribution in [2.24, 2.45) is 0 Å². The monoisotopic (exact) mass is 92.1 g/mol. The molecule has 0 heterocycles. The van der Waals surface area contributed by atoms with E-state index >= 15 is 0 Å². The third-order valence-corrected chi connectivity index (χ3v) is 0.855.